The van der Waals surface area contributed by atoms with Crippen LogP contribution >= 0.6 is 0 Å². The van der Waals surface area contributed by atoms with E-state index in [-0.39, 0.29) is 5.91 Å². The second-order valence-corrected chi connectivity index (χ2v) is 6.72. The molecule has 28 heavy (non-hydrogen) atoms. The van der Waals surface area contributed by atoms with Crippen molar-refractivity contribution >= 4 is 5.91 Å². The Kier molecular flexibility index (Phi) is 5.34. The van der Waals surface area contributed by atoms with Crippen molar-refractivity contribution in [2.45, 2.75) is 32.5 Å². The number of amides is 1. The highest BCUT2D eigenvalue weighted by molar-refractivity contribution is 5.76. The van der Waals surface area contributed by atoms with Crippen LogP contribution in [0, 0.1) is 0 Å². The van der Waals surface area contributed by atoms with Gasteiger partial charge in [0, 0.05) is 38.0 Å². The molecule has 0 radical (unpaired) electrons. The summed E-state index contributed by atoms with van der Waals surface area (Å²) in [5.41, 5.74) is 4.59. The van der Waals surface area contributed by atoms with Crippen molar-refractivity contribution in [2.75, 3.05) is 7.11 Å². The number of hydrogen-bond acceptors (Lipinski definition) is 6. The molecule has 0 atom stereocenters. The van der Waals surface area contributed by atoms with Crippen molar-refractivity contribution in [1.29, 1.82) is 0 Å². The highest BCUT2D eigenvalue weighted by Crippen LogP contribution is 2.20. The maximum absolute atomic E-state index is 12.1. The highest BCUT2D eigenvalue weighted by atomic mass is 16.5. The zero-order valence-electron chi connectivity index (χ0n) is 15.7. The fraction of sp³-hybridized carbons (Fsp3) is 0.286. The SMILES string of the molecule is COc1ccc(-c2noc(CCC(=O)NCc3ccc4c(c3)CNC4)n2)cc1. The fourth-order valence-corrected chi connectivity index (χ4v) is 3.18. The van der Waals surface area contributed by atoms with E-state index in [9.17, 15) is 4.79 Å². The molecule has 1 aliphatic rings. The summed E-state index contributed by atoms with van der Waals surface area (Å²) in [5.74, 6) is 1.68. The number of nitrogens with one attached hydrogen (secondary N) is 2. The molecule has 1 amide bonds. The van der Waals surface area contributed by atoms with Crippen LogP contribution in [-0.2, 0) is 30.8 Å². The maximum atomic E-state index is 12.1. The van der Waals surface area contributed by atoms with Crippen molar-refractivity contribution < 1.29 is 14.1 Å². The van der Waals surface area contributed by atoms with Crippen LogP contribution in [0.15, 0.2) is 47.0 Å². The van der Waals surface area contributed by atoms with Gasteiger partial charge in [-0.2, -0.15) is 4.98 Å². The molecule has 144 valence electrons. The first-order valence-electron chi connectivity index (χ1n) is 9.26. The molecule has 2 N–H and O–H groups in total. The normalized spacial score (nSPS) is 12.6. The third-order valence-electron chi connectivity index (χ3n) is 4.77. The Morgan fingerprint density at radius 1 is 1.18 bits per heavy atom. The number of carbonyl (C=O) groups excluding carboxylic acids is 1. The van der Waals surface area contributed by atoms with E-state index in [0.29, 0.717) is 31.1 Å². The lowest BCUT2D eigenvalue weighted by Crippen LogP contribution is -2.23. The maximum Gasteiger partial charge on any atom is 0.227 e. The molecule has 4 rings (SSSR count). The Labute approximate surface area is 163 Å². The Morgan fingerprint density at radius 2 is 2.00 bits per heavy atom. The number of aryl methyl sites for hydroxylation is 1. The quantitative estimate of drug-likeness (QED) is 0.657. The predicted molar refractivity (Wildman–Crippen MR) is 103 cm³/mol. The number of hydrogen-bond donors (Lipinski definition) is 2. The number of rotatable bonds is 7. The Morgan fingerprint density at radius 3 is 2.82 bits per heavy atom. The molecule has 1 aliphatic heterocycles. The minimum absolute atomic E-state index is 0.0391. The zero-order valence-corrected chi connectivity index (χ0v) is 15.7. The smallest absolute Gasteiger partial charge is 0.227 e. The van der Waals surface area contributed by atoms with Gasteiger partial charge in [0.25, 0.3) is 0 Å². The molecule has 2 aromatic carbocycles. The average Bonchev–Trinajstić information content (AvgIpc) is 3.39. The van der Waals surface area contributed by atoms with Crippen LogP contribution in [-0.4, -0.2) is 23.2 Å². The van der Waals surface area contributed by atoms with Gasteiger partial charge in [-0.05, 0) is 41.0 Å². The second-order valence-electron chi connectivity index (χ2n) is 6.72. The zero-order chi connectivity index (χ0) is 19.3. The number of benzene rings is 2. The third kappa shape index (κ3) is 4.20. The molecule has 7 heteroatoms. The molecule has 7 nitrogen and oxygen atoms in total. The minimum atomic E-state index is -0.0391. The average molecular weight is 378 g/mol. The molecule has 2 heterocycles. The lowest BCUT2D eigenvalue weighted by atomic mass is 10.1. The van der Waals surface area contributed by atoms with Crippen molar-refractivity contribution in [3.8, 4) is 17.1 Å². The van der Waals surface area contributed by atoms with Gasteiger partial charge in [0.05, 0.1) is 7.11 Å². The molecule has 0 fully saturated rings. The van der Waals surface area contributed by atoms with Crippen molar-refractivity contribution in [3.05, 3.63) is 65.0 Å². The molecule has 0 aliphatic carbocycles. The van der Waals surface area contributed by atoms with Crippen LogP contribution in [0.4, 0.5) is 0 Å². The van der Waals surface area contributed by atoms with Gasteiger partial charge < -0.3 is 19.9 Å². The monoisotopic (exact) mass is 378 g/mol. The van der Waals surface area contributed by atoms with Crippen LogP contribution in [0.5, 0.6) is 5.75 Å². The lowest BCUT2D eigenvalue weighted by Gasteiger charge is -2.06. The van der Waals surface area contributed by atoms with Gasteiger partial charge >= 0.3 is 0 Å². The van der Waals surface area contributed by atoms with Gasteiger partial charge in [-0.1, -0.05) is 23.4 Å². The van der Waals surface area contributed by atoms with E-state index in [0.717, 1.165) is 30.0 Å². The Hall–Kier alpha value is -3.19. The molecule has 0 saturated heterocycles. The number of aromatic nitrogens is 2. The minimum Gasteiger partial charge on any atom is -0.497 e. The first-order chi connectivity index (χ1) is 13.7. The fourth-order valence-electron chi connectivity index (χ4n) is 3.18. The largest absolute Gasteiger partial charge is 0.497 e. The Balaban J connectivity index is 1.27. The summed E-state index contributed by atoms with van der Waals surface area (Å²) in [7, 11) is 1.62. The van der Waals surface area contributed by atoms with E-state index < -0.39 is 0 Å². The summed E-state index contributed by atoms with van der Waals surface area (Å²) in [6, 6.07) is 13.7. The van der Waals surface area contributed by atoms with E-state index in [1.54, 1.807) is 7.11 Å². The van der Waals surface area contributed by atoms with Gasteiger partial charge in [0.1, 0.15) is 5.75 Å². The number of methoxy groups -OCH3 is 1. The number of carbonyl (C=O) groups is 1. The molecule has 0 saturated carbocycles. The van der Waals surface area contributed by atoms with E-state index in [4.69, 9.17) is 9.26 Å². The lowest BCUT2D eigenvalue weighted by molar-refractivity contribution is -0.121. The third-order valence-corrected chi connectivity index (χ3v) is 4.77. The summed E-state index contributed by atoms with van der Waals surface area (Å²) in [6.07, 6.45) is 0.708. The van der Waals surface area contributed by atoms with Gasteiger partial charge in [0.15, 0.2) is 0 Å². The van der Waals surface area contributed by atoms with Gasteiger partial charge in [-0.25, -0.2) is 0 Å². The summed E-state index contributed by atoms with van der Waals surface area (Å²) >= 11 is 0. The van der Waals surface area contributed by atoms with E-state index in [1.807, 2.05) is 24.3 Å². The first kappa shape index (κ1) is 18.2. The molecule has 1 aromatic heterocycles. The summed E-state index contributed by atoms with van der Waals surface area (Å²) in [6.45, 7) is 2.34. The molecule has 3 aromatic rings. The van der Waals surface area contributed by atoms with E-state index >= 15 is 0 Å². The van der Waals surface area contributed by atoms with Gasteiger partial charge in [-0.15, -0.1) is 0 Å². The van der Waals surface area contributed by atoms with E-state index in [1.165, 1.54) is 11.1 Å². The topological polar surface area (TPSA) is 89.3 Å². The standard InChI is InChI=1S/C21H22N4O3/c1-27-18-6-4-15(5-7-18)21-24-20(28-25-21)9-8-19(26)23-11-14-2-3-16-12-22-13-17(16)10-14/h2-7,10,22H,8-9,11-13H2,1H3,(H,23,26). The van der Waals surface area contributed by atoms with Crippen LogP contribution in [0.2, 0.25) is 0 Å². The molecule has 0 unspecified atom stereocenters. The summed E-state index contributed by atoms with van der Waals surface area (Å²) < 4.78 is 10.4. The van der Waals surface area contributed by atoms with Crippen LogP contribution in [0.25, 0.3) is 11.4 Å². The molecular weight excluding hydrogens is 356 g/mol. The predicted octanol–water partition coefficient (Wildman–Crippen LogP) is 2.60. The molecule has 0 spiro atoms. The number of fused-ring (bicyclic) bond motifs is 1. The number of nitrogens with zero attached hydrogens (tertiary/aromatic N) is 2. The van der Waals surface area contributed by atoms with Crippen LogP contribution in [0.3, 0.4) is 0 Å². The van der Waals surface area contributed by atoms with Gasteiger partial charge in [-0.3, -0.25) is 4.79 Å². The Bertz CT molecular complexity index is 966. The first-order valence-corrected chi connectivity index (χ1v) is 9.26. The molecular formula is C21H22N4O3. The van der Waals surface area contributed by atoms with Crippen LogP contribution < -0.4 is 15.4 Å². The van der Waals surface area contributed by atoms with Crippen LogP contribution in [0.1, 0.15) is 29.0 Å². The van der Waals surface area contributed by atoms with Gasteiger partial charge in [0.2, 0.25) is 17.6 Å². The molecule has 0 bridgehead atoms. The number of ether oxygens (including phenoxy) is 1. The summed E-state index contributed by atoms with van der Waals surface area (Å²) in [4.78, 5) is 16.5. The van der Waals surface area contributed by atoms with Crippen molar-refractivity contribution in [3.63, 3.8) is 0 Å². The van der Waals surface area contributed by atoms with Crippen molar-refractivity contribution in [1.82, 2.24) is 20.8 Å². The van der Waals surface area contributed by atoms with Crippen molar-refractivity contribution in [2.24, 2.45) is 0 Å². The summed E-state index contributed by atoms with van der Waals surface area (Å²) in [5, 5.41) is 10.3. The second kappa shape index (κ2) is 8.22. The van der Waals surface area contributed by atoms with E-state index in [2.05, 4.69) is 39.0 Å². The highest BCUT2D eigenvalue weighted by Gasteiger charge is 2.12.